The molecular formula is C24H24N2O3S. The van der Waals surface area contributed by atoms with Crippen LogP contribution in [-0.4, -0.2) is 26.6 Å². The van der Waals surface area contributed by atoms with Gasteiger partial charge >= 0.3 is 0 Å². The summed E-state index contributed by atoms with van der Waals surface area (Å²) >= 11 is 0. The monoisotopic (exact) mass is 420 g/mol. The van der Waals surface area contributed by atoms with Crippen molar-refractivity contribution in [1.29, 1.82) is 0 Å². The van der Waals surface area contributed by atoms with E-state index in [1.165, 1.54) is 10.6 Å². The van der Waals surface area contributed by atoms with Crippen molar-refractivity contribution in [2.45, 2.75) is 25.9 Å². The zero-order valence-corrected chi connectivity index (χ0v) is 17.8. The van der Waals surface area contributed by atoms with Crippen LogP contribution in [0.2, 0.25) is 0 Å². The molecule has 1 unspecified atom stereocenters. The molecule has 3 aromatic rings. The van der Waals surface area contributed by atoms with Crippen LogP contribution in [0.15, 0.2) is 78.9 Å². The topological polar surface area (TPSA) is 57.7 Å². The molecule has 30 heavy (non-hydrogen) atoms. The maximum Gasteiger partial charge on any atom is 0.260 e. The van der Waals surface area contributed by atoms with Gasteiger partial charge in [-0.3, -0.25) is 9.10 Å². The van der Waals surface area contributed by atoms with E-state index >= 15 is 0 Å². The Kier molecular flexibility index (Phi) is 5.35. The van der Waals surface area contributed by atoms with Crippen molar-refractivity contribution in [1.82, 2.24) is 0 Å². The number of hydrogen-bond acceptors (Lipinski definition) is 3. The summed E-state index contributed by atoms with van der Waals surface area (Å²) in [5.74, 6) is -0.190. The van der Waals surface area contributed by atoms with E-state index < -0.39 is 10.0 Å². The van der Waals surface area contributed by atoms with Gasteiger partial charge < -0.3 is 4.90 Å². The molecule has 1 aliphatic heterocycles. The van der Waals surface area contributed by atoms with Gasteiger partial charge in [-0.2, -0.15) is 0 Å². The zero-order valence-electron chi connectivity index (χ0n) is 17.0. The Hall–Kier alpha value is -3.12. The Balaban J connectivity index is 1.77. The lowest BCUT2D eigenvalue weighted by molar-refractivity contribution is 0.0982. The van der Waals surface area contributed by atoms with Crippen molar-refractivity contribution in [3.05, 3.63) is 95.6 Å². The normalized spacial score (nSPS) is 15.7. The van der Waals surface area contributed by atoms with Crippen molar-refractivity contribution in [3.63, 3.8) is 0 Å². The van der Waals surface area contributed by atoms with Crippen LogP contribution in [0.3, 0.4) is 0 Å². The molecule has 0 aliphatic carbocycles. The summed E-state index contributed by atoms with van der Waals surface area (Å²) in [6.07, 6.45) is 1.95. The van der Waals surface area contributed by atoms with Gasteiger partial charge in [-0.1, -0.05) is 60.7 Å². The van der Waals surface area contributed by atoms with Gasteiger partial charge in [0.25, 0.3) is 5.91 Å². The molecule has 1 aliphatic rings. The van der Waals surface area contributed by atoms with E-state index in [1.807, 2.05) is 61.5 Å². The number of para-hydroxylation sites is 2. The fourth-order valence-electron chi connectivity index (χ4n) is 4.01. The van der Waals surface area contributed by atoms with Crippen LogP contribution >= 0.6 is 0 Å². The SMILES string of the molecule is CC1Cc2ccccc2N1C(=O)c1ccccc1N(Cc1ccccc1)S(C)(=O)=O. The zero-order chi connectivity index (χ0) is 21.3. The van der Waals surface area contributed by atoms with Crippen LogP contribution in [0.4, 0.5) is 11.4 Å². The highest BCUT2D eigenvalue weighted by Crippen LogP contribution is 2.35. The van der Waals surface area contributed by atoms with Gasteiger partial charge in [0, 0.05) is 11.7 Å². The van der Waals surface area contributed by atoms with E-state index in [0.29, 0.717) is 11.3 Å². The summed E-state index contributed by atoms with van der Waals surface area (Å²) < 4.78 is 26.7. The van der Waals surface area contributed by atoms with Crippen molar-refractivity contribution >= 4 is 27.3 Å². The second-order valence-electron chi connectivity index (χ2n) is 7.63. The lowest BCUT2D eigenvalue weighted by atomic mass is 10.1. The minimum absolute atomic E-state index is 0.00348. The Morgan fingerprint density at radius 1 is 0.967 bits per heavy atom. The molecule has 6 heteroatoms. The van der Waals surface area contributed by atoms with Crippen LogP contribution in [0.25, 0.3) is 0 Å². The number of hydrogen-bond donors (Lipinski definition) is 0. The Morgan fingerprint density at radius 3 is 2.33 bits per heavy atom. The minimum Gasteiger partial charge on any atom is -0.305 e. The summed E-state index contributed by atoms with van der Waals surface area (Å²) in [5.41, 5.74) is 3.64. The molecule has 5 nitrogen and oxygen atoms in total. The van der Waals surface area contributed by atoms with Gasteiger partial charge in [0.1, 0.15) is 0 Å². The summed E-state index contributed by atoms with van der Waals surface area (Å²) in [5, 5.41) is 0. The van der Waals surface area contributed by atoms with Crippen LogP contribution in [0.5, 0.6) is 0 Å². The number of sulfonamides is 1. The highest BCUT2D eigenvalue weighted by molar-refractivity contribution is 7.92. The summed E-state index contributed by atoms with van der Waals surface area (Å²) in [4.78, 5) is 15.4. The maximum absolute atomic E-state index is 13.6. The van der Waals surface area contributed by atoms with Crippen molar-refractivity contribution in [2.24, 2.45) is 0 Å². The highest BCUT2D eigenvalue weighted by atomic mass is 32.2. The quantitative estimate of drug-likeness (QED) is 0.620. The van der Waals surface area contributed by atoms with E-state index in [4.69, 9.17) is 0 Å². The van der Waals surface area contributed by atoms with Crippen molar-refractivity contribution in [2.75, 3.05) is 15.5 Å². The number of carbonyl (C=O) groups is 1. The average molecular weight is 421 g/mol. The fraction of sp³-hybridized carbons (Fsp3) is 0.208. The fourth-order valence-corrected chi connectivity index (χ4v) is 4.91. The predicted molar refractivity (Wildman–Crippen MR) is 120 cm³/mol. The number of anilines is 2. The molecule has 0 aromatic heterocycles. The summed E-state index contributed by atoms with van der Waals surface area (Å²) in [6, 6.07) is 24.2. The van der Waals surface area contributed by atoms with E-state index in [9.17, 15) is 13.2 Å². The Bertz CT molecular complexity index is 1180. The Morgan fingerprint density at radius 2 is 1.60 bits per heavy atom. The Labute approximate surface area is 177 Å². The first-order valence-electron chi connectivity index (χ1n) is 9.88. The number of carbonyl (C=O) groups excluding carboxylic acids is 1. The lowest BCUT2D eigenvalue weighted by Crippen LogP contribution is -2.38. The van der Waals surface area contributed by atoms with Gasteiger partial charge in [-0.25, -0.2) is 8.42 Å². The largest absolute Gasteiger partial charge is 0.305 e. The first kappa shape index (κ1) is 20.2. The summed E-state index contributed by atoms with van der Waals surface area (Å²) in [7, 11) is -3.61. The van der Waals surface area contributed by atoms with Crippen molar-refractivity contribution in [3.8, 4) is 0 Å². The molecule has 0 fully saturated rings. The second-order valence-corrected chi connectivity index (χ2v) is 9.54. The van der Waals surface area contributed by atoms with Crippen LogP contribution in [0.1, 0.15) is 28.4 Å². The maximum atomic E-state index is 13.6. The smallest absolute Gasteiger partial charge is 0.260 e. The predicted octanol–water partition coefficient (Wildman–Crippen LogP) is 4.24. The molecule has 0 saturated carbocycles. The van der Waals surface area contributed by atoms with Crippen LogP contribution < -0.4 is 9.21 Å². The minimum atomic E-state index is -3.61. The van der Waals surface area contributed by atoms with Gasteiger partial charge in [-0.05, 0) is 42.7 Å². The molecule has 0 bridgehead atoms. The van der Waals surface area contributed by atoms with E-state index in [0.717, 1.165) is 23.2 Å². The molecule has 1 heterocycles. The highest BCUT2D eigenvalue weighted by Gasteiger charge is 2.33. The third kappa shape index (κ3) is 3.83. The molecule has 0 spiro atoms. The van der Waals surface area contributed by atoms with Crippen LogP contribution in [0, 0.1) is 0 Å². The van der Waals surface area contributed by atoms with Gasteiger partial charge in [-0.15, -0.1) is 0 Å². The first-order chi connectivity index (χ1) is 14.4. The van der Waals surface area contributed by atoms with Gasteiger partial charge in [0.15, 0.2) is 0 Å². The first-order valence-corrected chi connectivity index (χ1v) is 11.7. The molecule has 3 aromatic carbocycles. The number of nitrogens with zero attached hydrogens (tertiary/aromatic N) is 2. The third-order valence-corrected chi connectivity index (χ3v) is 6.52. The van der Waals surface area contributed by atoms with E-state index in [2.05, 4.69) is 0 Å². The van der Waals surface area contributed by atoms with E-state index in [-0.39, 0.29) is 18.5 Å². The standard InChI is InChI=1S/C24H24N2O3S/c1-18-16-20-12-6-8-14-22(20)26(18)24(27)21-13-7-9-15-23(21)25(30(2,28)29)17-19-10-4-3-5-11-19/h3-15,18H,16-17H2,1-2H3. The second kappa shape index (κ2) is 7.95. The molecule has 0 N–H and O–H groups in total. The van der Waals surface area contributed by atoms with E-state index in [1.54, 1.807) is 29.2 Å². The molecule has 0 saturated heterocycles. The van der Waals surface area contributed by atoms with Gasteiger partial charge in [0.05, 0.1) is 24.1 Å². The van der Waals surface area contributed by atoms with Crippen LogP contribution in [-0.2, 0) is 23.0 Å². The number of benzene rings is 3. The summed E-state index contributed by atoms with van der Waals surface area (Å²) in [6.45, 7) is 2.18. The molecule has 1 atom stereocenters. The molecular weight excluding hydrogens is 396 g/mol. The average Bonchev–Trinajstić information content (AvgIpc) is 3.07. The number of fused-ring (bicyclic) bond motifs is 1. The van der Waals surface area contributed by atoms with Crippen molar-refractivity contribution < 1.29 is 13.2 Å². The van der Waals surface area contributed by atoms with Gasteiger partial charge in [0.2, 0.25) is 10.0 Å². The third-order valence-electron chi connectivity index (χ3n) is 5.40. The number of rotatable bonds is 5. The molecule has 4 rings (SSSR count). The number of amides is 1. The molecule has 0 radical (unpaired) electrons. The lowest BCUT2D eigenvalue weighted by Gasteiger charge is -2.28. The molecule has 1 amide bonds. The molecule has 154 valence electrons.